The Kier molecular flexibility index (Phi) is 6.49. The number of hydrogen-bond donors (Lipinski definition) is 2. The van der Waals surface area contributed by atoms with Gasteiger partial charge in [-0.15, -0.1) is 11.3 Å². The summed E-state index contributed by atoms with van der Waals surface area (Å²) in [4.78, 5) is 37.5. The minimum Gasteiger partial charge on any atom is -0.347 e. The average Bonchev–Trinajstić information content (AvgIpc) is 3.25. The van der Waals surface area contributed by atoms with Crippen LogP contribution in [-0.4, -0.2) is 16.4 Å². The third-order valence-electron chi connectivity index (χ3n) is 4.73. The maximum absolute atomic E-state index is 12.8. The lowest BCUT2D eigenvalue weighted by atomic mass is 10.1. The molecule has 0 saturated heterocycles. The molecule has 4 rings (SSSR count). The maximum Gasteiger partial charge on any atom is 0.261 e. The van der Waals surface area contributed by atoms with Crippen LogP contribution >= 0.6 is 22.9 Å². The van der Waals surface area contributed by atoms with Gasteiger partial charge in [0.25, 0.3) is 17.4 Å². The van der Waals surface area contributed by atoms with Crippen LogP contribution in [0.3, 0.4) is 0 Å². The number of aromatic nitrogens is 1. The fourth-order valence-corrected chi connectivity index (χ4v) is 4.06. The van der Waals surface area contributed by atoms with Crippen molar-refractivity contribution in [1.29, 1.82) is 0 Å². The second kappa shape index (κ2) is 9.64. The summed E-state index contributed by atoms with van der Waals surface area (Å²) in [5.74, 6) is -0.518. The van der Waals surface area contributed by atoms with Gasteiger partial charge in [0.2, 0.25) is 0 Å². The third kappa shape index (κ3) is 4.96. The molecule has 0 unspecified atom stereocenters. The number of nitrogens with one attached hydrogen (secondary N) is 2. The molecule has 0 radical (unpaired) electrons. The van der Waals surface area contributed by atoms with Gasteiger partial charge in [-0.2, -0.15) is 0 Å². The van der Waals surface area contributed by atoms with E-state index in [0.717, 1.165) is 5.56 Å². The SMILES string of the molecule is O=C(Nc1ccccc1CNC(=O)c1ccc(Cl)s1)c1ccc(-n2ccccc2=O)cc1. The fourth-order valence-electron chi connectivity index (χ4n) is 3.10. The zero-order chi connectivity index (χ0) is 22.5. The van der Waals surface area contributed by atoms with Gasteiger partial charge in [-0.3, -0.25) is 19.0 Å². The predicted molar refractivity (Wildman–Crippen MR) is 127 cm³/mol. The second-order valence-electron chi connectivity index (χ2n) is 6.85. The molecular weight excluding hydrogens is 446 g/mol. The van der Waals surface area contributed by atoms with Crippen molar-refractivity contribution in [2.24, 2.45) is 0 Å². The Labute approximate surface area is 193 Å². The van der Waals surface area contributed by atoms with E-state index < -0.39 is 0 Å². The highest BCUT2D eigenvalue weighted by Gasteiger charge is 2.12. The molecule has 0 aliphatic rings. The largest absolute Gasteiger partial charge is 0.347 e. The van der Waals surface area contributed by atoms with Crippen LogP contribution in [0.4, 0.5) is 5.69 Å². The molecule has 0 aliphatic carbocycles. The summed E-state index contributed by atoms with van der Waals surface area (Å²) in [6, 6.07) is 22.3. The normalized spacial score (nSPS) is 10.5. The molecule has 4 aromatic rings. The first-order chi connectivity index (χ1) is 15.5. The molecule has 0 fully saturated rings. The molecule has 32 heavy (non-hydrogen) atoms. The number of carbonyl (C=O) groups is 2. The van der Waals surface area contributed by atoms with Gasteiger partial charge in [-0.05, 0) is 54.1 Å². The van der Waals surface area contributed by atoms with Crippen LogP contribution in [0.25, 0.3) is 5.69 Å². The van der Waals surface area contributed by atoms with Crippen LogP contribution in [0, 0.1) is 0 Å². The molecule has 160 valence electrons. The number of nitrogens with zero attached hydrogens (tertiary/aromatic N) is 1. The number of para-hydroxylation sites is 1. The average molecular weight is 464 g/mol. The second-order valence-corrected chi connectivity index (χ2v) is 8.57. The Morgan fingerprint density at radius 3 is 2.34 bits per heavy atom. The van der Waals surface area contributed by atoms with Crippen molar-refractivity contribution < 1.29 is 9.59 Å². The van der Waals surface area contributed by atoms with Crippen LogP contribution in [-0.2, 0) is 6.54 Å². The lowest BCUT2D eigenvalue weighted by Gasteiger charge is -2.12. The van der Waals surface area contributed by atoms with Crippen molar-refractivity contribution in [3.05, 3.63) is 116 Å². The monoisotopic (exact) mass is 463 g/mol. The van der Waals surface area contributed by atoms with Gasteiger partial charge < -0.3 is 10.6 Å². The molecule has 2 heterocycles. The topological polar surface area (TPSA) is 80.2 Å². The highest BCUT2D eigenvalue weighted by Crippen LogP contribution is 2.22. The van der Waals surface area contributed by atoms with Gasteiger partial charge in [0.15, 0.2) is 0 Å². The van der Waals surface area contributed by atoms with E-state index in [9.17, 15) is 14.4 Å². The zero-order valence-electron chi connectivity index (χ0n) is 16.7. The molecule has 2 amide bonds. The minimum absolute atomic E-state index is 0.148. The molecule has 2 aromatic heterocycles. The van der Waals surface area contributed by atoms with Crippen LogP contribution in [0.1, 0.15) is 25.6 Å². The van der Waals surface area contributed by atoms with Gasteiger partial charge in [0, 0.05) is 35.7 Å². The van der Waals surface area contributed by atoms with Crippen molar-refractivity contribution in [3.63, 3.8) is 0 Å². The number of thiophene rings is 1. The summed E-state index contributed by atoms with van der Waals surface area (Å²) in [6.07, 6.45) is 1.67. The Bertz CT molecular complexity index is 1330. The van der Waals surface area contributed by atoms with Crippen molar-refractivity contribution in [1.82, 2.24) is 9.88 Å². The van der Waals surface area contributed by atoms with Crippen molar-refractivity contribution in [2.45, 2.75) is 6.54 Å². The van der Waals surface area contributed by atoms with Gasteiger partial charge in [-0.25, -0.2) is 0 Å². The Hall–Kier alpha value is -3.68. The standard InChI is InChI=1S/C24H18ClN3O3S/c25-21-13-12-20(32-21)24(31)26-15-17-5-1-2-6-19(17)27-23(30)16-8-10-18(11-9-16)28-14-4-3-7-22(28)29/h1-14H,15H2,(H,26,31)(H,27,30). The summed E-state index contributed by atoms with van der Waals surface area (Å²) in [5, 5.41) is 5.73. The summed E-state index contributed by atoms with van der Waals surface area (Å²) in [6.45, 7) is 0.251. The van der Waals surface area contributed by atoms with Gasteiger partial charge in [0.1, 0.15) is 0 Å². The van der Waals surface area contributed by atoms with E-state index in [-0.39, 0.29) is 23.9 Å². The summed E-state index contributed by atoms with van der Waals surface area (Å²) in [5.41, 5.74) is 2.34. The van der Waals surface area contributed by atoms with Crippen LogP contribution in [0.5, 0.6) is 0 Å². The summed E-state index contributed by atoms with van der Waals surface area (Å²) in [7, 11) is 0. The Morgan fingerprint density at radius 2 is 1.62 bits per heavy atom. The molecule has 0 saturated carbocycles. The van der Waals surface area contributed by atoms with E-state index in [1.54, 1.807) is 60.8 Å². The highest BCUT2D eigenvalue weighted by atomic mass is 35.5. The zero-order valence-corrected chi connectivity index (χ0v) is 18.3. The van der Waals surface area contributed by atoms with Crippen LogP contribution in [0.2, 0.25) is 4.34 Å². The fraction of sp³-hybridized carbons (Fsp3) is 0.0417. The van der Waals surface area contributed by atoms with Gasteiger partial charge >= 0.3 is 0 Å². The van der Waals surface area contributed by atoms with Crippen LogP contribution < -0.4 is 16.2 Å². The molecule has 0 atom stereocenters. The molecule has 0 spiro atoms. The number of pyridine rings is 1. The number of amides is 2. The molecule has 6 nitrogen and oxygen atoms in total. The lowest BCUT2D eigenvalue weighted by molar-refractivity contribution is 0.0954. The number of halogens is 1. The van der Waals surface area contributed by atoms with Crippen LogP contribution in [0.15, 0.2) is 89.9 Å². The first-order valence-electron chi connectivity index (χ1n) is 9.72. The number of hydrogen-bond acceptors (Lipinski definition) is 4. The Balaban J connectivity index is 1.45. The maximum atomic E-state index is 12.8. The number of anilines is 1. The molecule has 8 heteroatoms. The molecular formula is C24H18ClN3O3S. The predicted octanol–water partition coefficient (Wildman–Crippen LogP) is 4.73. The summed E-state index contributed by atoms with van der Waals surface area (Å²) < 4.78 is 2.05. The van der Waals surface area contributed by atoms with E-state index in [0.29, 0.717) is 26.2 Å². The van der Waals surface area contributed by atoms with E-state index in [4.69, 9.17) is 11.6 Å². The Morgan fingerprint density at radius 1 is 0.875 bits per heavy atom. The first-order valence-corrected chi connectivity index (χ1v) is 10.9. The molecule has 0 bridgehead atoms. The van der Waals surface area contributed by atoms with E-state index in [2.05, 4.69) is 10.6 Å². The number of carbonyl (C=O) groups excluding carboxylic acids is 2. The lowest BCUT2D eigenvalue weighted by Crippen LogP contribution is -2.23. The molecule has 0 aliphatic heterocycles. The third-order valence-corrected chi connectivity index (χ3v) is 5.96. The van der Waals surface area contributed by atoms with E-state index in [1.165, 1.54) is 22.0 Å². The molecule has 2 N–H and O–H groups in total. The van der Waals surface area contributed by atoms with E-state index >= 15 is 0 Å². The minimum atomic E-state index is -0.291. The van der Waals surface area contributed by atoms with Crippen molar-refractivity contribution in [2.75, 3.05) is 5.32 Å². The smallest absolute Gasteiger partial charge is 0.261 e. The quantitative estimate of drug-likeness (QED) is 0.433. The van der Waals surface area contributed by atoms with Gasteiger partial charge in [0.05, 0.1) is 9.21 Å². The van der Waals surface area contributed by atoms with E-state index in [1.807, 2.05) is 18.2 Å². The van der Waals surface area contributed by atoms with Gasteiger partial charge in [-0.1, -0.05) is 35.9 Å². The first kappa shape index (κ1) is 21.5. The number of rotatable bonds is 6. The van der Waals surface area contributed by atoms with Crippen molar-refractivity contribution >= 4 is 40.4 Å². The van der Waals surface area contributed by atoms with Crippen molar-refractivity contribution in [3.8, 4) is 5.69 Å². The summed E-state index contributed by atoms with van der Waals surface area (Å²) >= 11 is 7.09. The molecule has 2 aromatic carbocycles. The highest BCUT2D eigenvalue weighted by molar-refractivity contribution is 7.17. The number of benzene rings is 2.